The highest BCUT2D eigenvalue weighted by molar-refractivity contribution is 5.88. The van der Waals surface area contributed by atoms with E-state index in [0.29, 0.717) is 31.2 Å². The van der Waals surface area contributed by atoms with Crippen LogP contribution in [0.25, 0.3) is 0 Å². The standard InChI is InChI=1S/C18H22FN7O/c1-3-15(17-20-12-22-25(17)4-2)23-18(27)24-16-8-9-21-26(16)11-13-6-5-7-14(19)10-13/h5-10,12,15H,3-4,11H2,1-2H3,(H2,23,24,27). The van der Waals surface area contributed by atoms with Crippen molar-refractivity contribution < 1.29 is 9.18 Å². The number of aryl methyl sites for hydroxylation is 1. The van der Waals surface area contributed by atoms with Crippen molar-refractivity contribution in [3.8, 4) is 0 Å². The average molecular weight is 371 g/mol. The summed E-state index contributed by atoms with van der Waals surface area (Å²) in [7, 11) is 0. The fourth-order valence-electron chi connectivity index (χ4n) is 2.82. The van der Waals surface area contributed by atoms with Crippen molar-refractivity contribution in [1.82, 2.24) is 29.9 Å². The Hall–Kier alpha value is -3.23. The van der Waals surface area contributed by atoms with Gasteiger partial charge in [-0.15, -0.1) is 0 Å². The summed E-state index contributed by atoms with van der Waals surface area (Å²) in [6.07, 6.45) is 3.74. The minimum Gasteiger partial charge on any atom is -0.328 e. The van der Waals surface area contributed by atoms with Gasteiger partial charge in [-0.3, -0.25) is 5.32 Å². The lowest BCUT2D eigenvalue weighted by Crippen LogP contribution is -2.34. The van der Waals surface area contributed by atoms with E-state index < -0.39 is 0 Å². The maximum atomic E-state index is 13.4. The van der Waals surface area contributed by atoms with E-state index in [0.717, 1.165) is 5.56 Å². The summed E-state index contributed by atoms with van der Waals surface area (Å²) < 4.78 is 16.7. The average Bonchev–Trinajstić information content (AvgIpc) is 3.29. The Morgan fingerprint density at radius 1 is 1.22 bits per heavy atom. The second kappa shape index (κ2) is 8.43. The molecule has 142 valence electrons. The summed E-state index contributed by atoms with van der Waals surface area (Å²) in [6.45, 7) is 4.96. The zero-order valence-corrected chi connectivity index (χ0v) is 15.3. The Labute approximate surface area is 156 Å². The van der Waals surface area contributed by atoms with Crippen molar-refractivity contribution >= 4 is 11.8 Å². The number of hydrogen-bond acceptors (Lipinski definition) is 4. The van der Waals surface area contributed by atoms with Gasteiger partial charge in [-0.25, -0.2) is 23.5 Å². The smallest absolute Gasteiger partial charge is 0.320 e. The third-order valence-electron chi connectivity index (χ3n) is 4.15. The minimum absolute atomic E-state index is 0.257. The van der Waals surface area contributed by atoms with E-state index in [9.17, 15) is 9.18 Å². The molecule has 27 heavy (non-hydrogen) atoms. The topological polar surface area (TPSA) is 89.7 Å². The molecule has 0 spiro atoms. The maximum absolute atomic E-state index is 13.4. The van der Waals surface area contributed by atoms with Crippen LogP contribution in [0.2, 0.25) is 0 Å². The molecule has 0 radical (unpaired) electrons. The molecule has 2 heterocycles. The maximum Gasteiger partial charge on any atom is 0.320 e. The predicted octanol–water partition coefficient (Wildman–Crippen LogP) is 2.95. The molecule has 0 aliphatic rings. The summed E-state index contributed by atoms with van der Waals surface area (Å²) in [5, 5.41) is 14.0. The van der Waals surface area contributed by atoms with Crippen molar-refractivity contribution in [2.75, 3.05) is 5.32 Å². The predicted molar refractivity (Wildman–Crippen MR) is 98.6 cm³/mol. The number of anilines is 1. The molecule has 0 saturated heterocycles. The Bertz CT molecular complexity index is 905. The number of benzene rings is 1. The van der Waals surface area contributed by atoms with Crippen LogP contribution in [0.1, 0.15) is 37.7 Å². The fourth-order valence-corrected chi connectivity index (χ4v) is 2.82. The van der Waals surface area contributed by atoms with E-state index >= 15 is 0 Å². The van der Waals surface area contributed by atoms with Gasteiger partial charge in [0.1, 0.15) is 23.8 Å². The zero-order valence-electron chi connectivity index (χ0n) is 15.3. The molecule has 1 aromatic carbocycles. The SMILES string of the molecule is CCC(NC(=O)Nc1ccnn1Cc1cccc(F)c1)c1ncnn1CC. The molecule has 1 atom stereocenters. The van der Waals surface area contributed by atoms with Crippen molar-refractivity contribution in [3.63, 3.8) is 0 Å². The molecule has 0 aliphatic carbocycles. The molecule has 2 N–H and O–H groups in total. The number of hydrogen-bond donors (Lipinski definition) is 2. The van der Waals surface area contributed by atoms with Gasteiger partial charge in [0.25, 0.3) is 0 Å². The molecule has 8 nitrogen and oxygen atoms in total. The van der Waals surface area contributed by atoms with Crippen LogP contribution in [-0.2, 0) is 13.1 Å². The molecule has 2 amide bonds. The lowest BCUT2D eigenvalue weighted by Gasteiger charge is -2.17. The largest absolute Gasteiger partial charge is 0.328 e. The van der Waals surface area contributed by atoms with Gasteiger partial charge < -0.3 is 5.32 Å². The van der Waals surface area contributed by atoms with Crippen LogP contribution in [0.15, 0.2) is 42.9 Å². The summed E-state index contributed by atoms with van der Waals surface area (Å²) in [5.74, 6) is 0.921. The molecule has 3 aromatic rings. The van der Waals surface area contributed by atoms with E-state index in [1.165, 1.54) is 18.5 Å². The first-order valence-corrected chi connectivity index (χ1v) is 8.82. The number of urea groups is 1. The van der Waals surface area contributed by atoms with Gasteiger partial charge in [0, 0.05) is 12.6 Å². The second-order valence-corrected chi connectivity index (χ2v) is 6.00. The molecular formula is C18H22FN7O. The molecule has 9 heteroatoms. The van der Waals surface area contributed by atoms with Crippen LogP contribution in [0.4, 0.5) is 15.0 Å². The molecule has 3 rings (SSSR count). The van der Waals surface area contributed by atoms with E-state index in [1.807, 2.05) is 13.8 Å². The molecule has 2 aromatic heterocycles. The summed E-state index contributed by atoms with van der Waals surface area (Å²) in [6, 6.07) is 7.34. The Kier molecular flexibility index (Phi) is 5.80. The zero-order chi connectivity index (χ0) is 19.2. The molecule has 0 saturated carbocycles. The lowest BCUT2D eigenvalue weighted by molar-refractivity contribution is 0.247. The van der Waals surface area contributed by atoms with Gasteiger partial charge in [-0.05, 0) is 31.0 Å². The number of carbonyl (C=O) groups is 1. The van der Waals surface area contributed by atoms with Crippen LogP contribution >= 0.6 is 0 Å². The van der Waals surface area contributed by atoms with E-state index in [2.05, 4.69) is 25.8 Å². The van der Waals surface area contributed by atoms with Crippen molar-refractivity contribution in [2.24, 2.45) is 0 Å². The van der Waals surface area contributed by atoms with Gasteiger partial charge in [0.2, 0.25) is 0 Å². The van der Waals surface area contributed by atoms with Crippen LogP contribution in [0.5, 0.6) is 0 Å². The lowest BCUT2D eigenvalue weighted by atomic mass is 10.2. The number of nitrogens with zero attached hydrogens (tertiary/aromatic N) is 5. The van der Waals surface area contributed by atoms with E-state index in [4.69, 9.17) is 0 Å². The van der Waals surface area contributed by atoms with Crippen LogP contribution in [0.3, 0.4) is 0 Å². The first kappa shape index (κ1) is 18.6. The van der Waals surface area contributed by atoms with E-state index in [1.54, 1.807) is 33.8 Å². The monoisotopic (exact) mass is 371 g/mol. The highest BCUT2D eigenvalue weighted by atomic mass is 19.1. The van der Waals surface area contributed by atoms with Gasteiger partial charge in [0.15, 0.2) is 0 Å². The number of carbonyl (C=O) groups excluding carboxylic acids is 1. The number of halogens is 1. The molecule has 1 unspecified atom stereocenters. The van der Waals surface area contributed by atoms with Gasteiger partial charge in [-0.1, -0.05) is 19.1 Å². The Morgan fingerprint density at radius 2 is 2.07 bits per heavy atom. The van der Waals surface area contributed by atoms with Crippen molar-refractivity contribution in [3.05, 3.63) is 60.1 Å². The van der Waals surface area contributed by atoms with Crippen LogP contribution in [-0.4, -0.2) is 30.6 Å². The van der Waals surface area contributed by atoms with Gasteiger partial charge in [0.05, 0.1) is 18.8 Å². The molecule has 0 aliphatic heterocycles. The third kappa shape index (κ3) is 4.49. The number of nitrogens with one attached hydrogen (secondary N) is 2. The Morgan fingerprint density at radius 3 is 2.81 bits per heavy atom. The molecule has 0 fully saturated rings. The second-order valence-electron chi connectivity index (χ2n) is 6.00. The molecule has 0 bridgehead atoms. The van der Waals surface area contributed by atoms with Crippen molar-refractivity contribution in [2.45, 2.75) is 39.4 Å². The summed E-state index contributed by atoms with van der Waals surface area (Å²) in [5.41, 5.74) is 0.754. The highest BCUT2D eigenvalue weighted by Crippen LogP contribution is 2.15. The fraction of sp³-hybridized carbons (Fsp3) is 0.333. The first-order chi connectivity index (χ1) is 13.1. The number of aromatic nitrogens is 5. The normalized spacial score (nSPS) is 12.0. The number of amides is 2. The number of rotatable bonds is 7. The first-order valence-electron chi connectivity index (χ1n) is 8.82. The van der Waals surface area contributed by atoms with Gasteiger partial charge in [-0.2, -0.15) is 10.2 Å². The van der Waals surface area contributed by atoms with E-state index in [-0.39, 0.29) is 17.9 Å². The summed E-state index contributed by atoms with van der Waals surface area (Å²) in [4.78, 5) is 16.7. The van der Waals surface area contributed by atoms with Crippen molar-refractivity contribution in [1.29, 1.82) is 0 Å². The van der Waals surface area contributed by atoms with Crippen LogP contribution < -0.4 is 10.6 Å². The van der Waals surface area contributed by atoms with Crippen LogP contribution in [0, 0.1) is 5.82 Å². The highest BCUT2D eigenvalue weighted by Gasteiger charge is 2.18. The quantitative estimate of drug-likeness (QED) is 0.668. The molecular weight excluding hydrogens is 349 g/mol. The minimum atomic E-state index is -0.367. The Balaban J connectivity index is 1.67. The van der Waals surface area contributed by atoms with Gasteiger partial charge >= 0.3 is 6.03 Å². The third-order valence-corrected chi connectivity index (χ3v) is 4.15. The summed E-state index contributed by atoms with van der Waals surface area (Å²) >= 11 is 0.